The Morgan fingerprint density at radius 1 is 1.33 bits per heavy atom. The molecule has 1 saturated carbocycles. The maximum Gasteiger partial charge on any atom is 0.167 e. The van der Waals surface area contributed by atoms with Crippen LogP contribution < -0.4 is 10.6 Å². The van der Waals surface area contributed by atoms with Crippen molar-refractivity contribution in [3.05, 3.63) is 0 Å². The van der Waals surface area contributed by atoms with Crippen LogP contribution in [-0.2, 0) is 4.79 Å². The minimum Gasteiger partial charge on any atom is -0.296 e. The van der Waals surface area contributed by atoms with Crippen molar-refractivity contribution < 1.29 is 4.79 Å². The molecule has 70 valence electrons. The van der Waals surface area contributed by atoms with Crippen LogP contribution in [0, 0.1) is 0 Å². The van der Waals surface area contributed by atoms with Gasteiger partial charge in [0, 0.05) is 6.42 Å². The fourth-order valence-corrected chi connectivity index (χ4v) is 1.91. The summed E-state index contributed by atoms with van der Waals surface area (Å²) in [4.78, 5) is 11.6. The zero-order chi connectivity index (χ0) is 9.03. The third kappa shape index (κ3) is 1.67. The van der Waals surface area contributed by atoms with Gasteiger partial charge in [0.15, 0.2) is 5.78 Å². The molecule has 0 atom stereocenters. The Morgan fingerprint density at radius 3 is 2.25 bits per heavy atom. The van der Waals surface area contributed by atoms with Gasteiger partial charge in [-0.25, -0.2) is 0 Å². The van der Waals surface area contributed by atoms with Gasteiger partial charge in [0.1, 0.15) is 5.66 Å². The van der Waals surface area contributed by atoms with Crippen LogP contribution in [0.25, 0.3) is 0 Å². The number of Topliss-reactive ketones (excluding diaryl/α,β-unsaturated/α-hetero) is 1. The van der Waals surface area contributed by atoms with Gasteiger partial charge in [-0.3, -0.25) is 15.4 Å². The molecule has 1 fully saturated rings. The van der Waals surface area contributed by atoms with Crippen molar-refractivity contribution in [2.24, 2.45) is 0 Å². The molecule has 0 saturated heterocycles. The zero-order valence-electron chi connectivity index (χ0n) is 7.94. The van der Waals surface area contributed by atoms with E-state index in [0.717, 1.165) is 32.4 Å². The van der Waals surface area contributed by atoms with E-state index in [-0.39, 0.29) is 5.66 Å². The summed E-state index contributed by atoms with van der Waals surface area (Å²) >= 11 is 0. The van der Waals surface area contributed by atoms with Crippen molar-refractivity contribution >= 4 is 5.78 Å². The Kier molecular flexibility index (Phi) is 3.23. The molecule has 0 bridgehead atoms. The average molecular weight is 170 g/mol. The quantitative estimate of drug-likeness (QED) is 0.609. The standard InChI is InChI=1S/C9H18N2O/c1-3-10-9(11-4-2)7-5-6-8(9)12/h10-11H,3-7H2,1-2H3. The fourth-order valence-electron chi connectivity index (χ4n) is 1.91. The first-order valence-electron chi connectivity index (χ1n) is 4.78. The van der Waals surface area contributed by atoms with Gasteiger partial charge in [0.25, 0.3) is 0 Å². The van der Waals surface area contributed by atoms with Crippen molar-refractivity contribution in [3.63, 3.8) is 0 Å². The molecular weight excluding hydrogens is 152 g/mol. The predicted octanol–water partition coefficient (Wildman–Crippen LogP) is 0.655. The van der Waals surface area contributed by atoms with Crippen molar-refractivity contribution in [2.75, 3.05) is 13.1 Å². The molecule has 3 heteroatoms. The number of carbonyl (C=O) groups is 1. The van der Waals surface area contributed by atoms with Crippen molar-refractivity contribution in [1.29, 1.82) is 0 Å². The Labute approximate surface area is 73.9 Å². The molecule has 0 aromatic carbocycles. The fraction of sp³-hybridized carbons (Fsp3) is 0.889. The highest BCUT2D eigenvalue weighted by molar-refractivity contribution is 5.89. The van der Waals surface area contributed by atoms with E-state index in [4.69, 9.17) is 0 Å². The van der Waals surface area contributed by atoms with Gasteiger partial charge >= 0.3 is 0 Å². The third-order valence-electron chi connectivity index (χ3n) is 2.39. The molecular formula is C9H18N2O. The van der Waals surface area contributed by atoms with E-state index < -0.39 is 0 Å². The van der Waals surface area contributed by atoms with Crippen molar-refractivity contribution in [1.82, 2.24) is 10.6 Å². The smallest absolute Gasteiger partial charge is 0.167 e. The second kappa shape index (κ2) is 4.01. The Balaban J connectivity index is 2.63. The van der Waals surface area contributed by atoms with E-state index in [0.29, 0.717) is 5.78 Å². The van der Waals surface area contributed by atoms with Gasteiger partial charge in [0.2, 0.25) is 0 Å². The van der Waals surface area contributed by atoms with E-state index in [1.807, 2.05) is 13.8 Å². The normalized spacial score (nSPS) is 21.7. The maximum absolute atomic E-state index is 11.6. The van der Waals surface area contributed by atoms with Crippen LogP contribution in [0.15, 0.2) is 0 Å². The maximum atomic E-state index is 11.6. The van der Waals surface area contributed by atoms with Crippen molar-refractivity contribution in [3.8, 4) is 0 Å². The summed E-state index contributed by atoms with van der Waals surface area (Å²) in [5.41, 5.74) is -0.385. The largest absolute Gasteiger partial charge is 0.296 e. The lowest BCUT2D eigenvalue weighted by Gasteiger charge is -2.29. The lowest BCUT2D eigenvalue weighted by Crippen LogP contribution is -2.59. The van der Waals surface area contributed by atoms with Gasteiger partial charge in [0.05, 0.1) is 0 Å². The molecule has 0 aromatic rings. The molecule has 0 unspecified atom stereocenters. The van der Waals surface area contributed by atoms with Crippen LogP contribution in [0.4, 0.5) is 0 Å². The van der Waals surface area contributed by atoms with Crippen LogP contribution in [-0.4, -0.2) is 24.5 Å². The molecule has 12 heavy (non-hydrogen) atoms. The number of hydrogen-bond donors (Lipinski definition) is 2. The highest BCUT2D eigenvalue weighted by Gasteiger charge is 2.39. The molecule has 0 radical (unpaired) electrons. The van der Waals surface area contributed by atoms with Gasteiger partial charge < -0.3 is 0 Å². The number of ketones is 1. The first-order chi connectivity index (χ1) is 5.75. The minimum atomic E-state index is -0.385. The van der Waals surface area contributed by atoms with Gasteiger partial charge in [-0.2, -0.15) is 0 Å². The van der Waals surface area contributed by atoms with Gasteiger partial charge in [-0.05, 0) is 25.9 Å². The highest BCUT2D eigenvalue weighted by atomic mass is 16.1. The topological polar surface area (TPSA) is 41.1 Å². The minimum absolute atomic E-state index is 0.325. The first kappa shape index (κ1) is 9.68. The van der Waals surface area contributed by atoms with Crippen LogP contribution in [0.3, 0.4) is 0 Å². The lowest BCUT2D eigenvalue weighted by atomic mass is 10.1. The van der Waals surface area contributed by atoms with E-state index in [9.17, 15) is 4.79 Å². The number of hydrogen-bond acceptors (Lipinski definition) is 3. The second-order valence-electron chi connectivity index (χ2n) is 3.24. The van der Waals surface area contributed by atoms with Gasteiger partial charge in [-0.15, -0.1) is 0 Å². The monoisotopic (exact) mass is 170 g/mol. The molecule has 1 rings (SSSR count). The number of carbonyl (C=O) groups excluding carboxylic acids is 1. The molecule has 2 N–H and O–H groups in total. The van der Waals surface area contributed by atoms with Crippen molar-refractivity contribution in [2.45, 2.75) is 38.8 Å². The molecule has 3 nitrogen and oxygen atoms in total. The zero-order valence-corrected chi connectivity index (χ0v) is 7.94. The third-order valence-corrected chi connectivity index (χ3v) is 2.39. The molecule has 0 amide bonds. The van der Waals surface area contributed by atoms with Crippen LogP contribution in [0.2, 0.25) is 0 Å². The molecule has 1 aliphatic rings. The highest BCUT2D eigenvalue weighted by Crippen LogP contribution is 2.23. The summed E-state index contributed by atoms with van der Waals surface area (Å²) in [5.74, 6) is 0.325. The summed E-state index contributed by atoms with van der Waals surface area (Å²) in [6.45, 7) is 5.76. The molecule has 0 aromatic heterocycles. The van der Waals surface area contributed by atoms with Crippen LogP contribution >= 0.6 is 0 Å². The number of rotatable bonds is 4. The Hall–Kier alpha value is -0.410. The Bertz CT molecular complexity index is 162. The van der Waals surface area contributed by atoms with E-state index in [1.54, 1.807) is 0 Å². The van der Waals surface area contributed by atoms with E-state index >= 15 is 0 Å². The first-order valence-corrected chi connectivity index (χ1v) is 4.78. The Morgan fingerprint density at radius 2 is 1.92 bits per heavy atom. The van der Waals surface area contributed by atoms with Crippen LogP contribution in [0.1, 0.15) is 33.1 Å². The molecule has 1 aliphatic carbocycles. The predicted molar refractivity (Wildman–Crippen MR) is 48.9 cm³/mol. The number of nitrogens with one attached hydrogen (secondary N) is 2. The van der Waals surface area contributed by atoms with Gasteiger partial charge in [-0.1, -0.05) is 13.8 Å². The van der Waals surface area contributed by atoms with Crippen LogP contribution in [0.5, 0.6) is 0 Å². The summed E-state index contributed by atoms with van der Waals surface area (Å²) in [6.07, 6.45) is 2.67. The molecule has 0 aliphatic heterocycles. The summed E-state index contributed by atoms with van der Waals surface area (Å²) in [7, 11) is 0. The summed E-state index contributed by atoms with van der Waals surface area (Å²) in [5, 5.41) is 6.50. The van der Waals surface area contributed by atoms with E-state index in [2.05, 4.69) is 10.6 Å². The number of likely N-dealkylation sites (N-methyl/N-ethyl adjacent to an activating group) is 2. The van der Waals surface area contributed by atoms with E-state index in [1.165, 1.54) is 0 Å². The second-order valence-corrected chi connectivity index (χ2v) is 3.24. The summed E-state index contributed by atoms with van der Waals surface area (Å²) in [6, 6.07) is 0. The summed E-state index contributed by atoms with van der Waals surface area (Å²) < 4.78 is 0. The average Bonchev–Trinajstić information content (AvgIpc) is 2.35. The molecule has 0 heterocycles. The lowest BCUT2D eigenvalue weighted by molar-refractivity contribution is -0.124. The SMILES string of the molecule is CCNC1(NCC)CCCC1=O. The molecule has 0 spiro atoms.